The third-order valence-electron chi connectivity index (χ3n) is 3.98. The average Bonchev–Trinajstić information content (AvgIpc) is 2.98. The van der Waals surface area contributed by atoms with E-state index in [1.54, 1.807) is 29.2 Å². The second-order valence-corrected chi connectivity index (χ2v) is 5.16. The SMILES string of the molecule is O=C1NC(O)c2c1cccc2N1Cc2ccccc2C1=O. The van der Waals surface area contributed by atoms with Gasteiger partial charge in [0.2, 0.25) is 0 Å². The van der Waals surface area contributed by atoms with Crippen molar-refractivity contribution >= 4 is 17.5 Å². The predicted molar refractivity (Wildman–Crippen MR) is 75.8 cm³/mol. The summed E-state index contributed by atoms with van der Waals surface area (Å²) >= 11 is 0. The standard InChI is InChI=1S/C16H12N2O3/c19-14-11-6-3-7-12(13(11)15(20)17-14)18-8-9-4-1-2-5-10(9)16(18)21/h1-7,15,20H,8H2,(H,17,19). The van der Waals surface area contributed by atoms with Gasteiger partial charge in [-0.3, -0.25) is 9.59 Å². The summed E-state index contributed by atoms with van der Waals surface area (Å²) in [7, 11) is 0. The Labute approximate surface area is 120 Å². The van der Waals surface area contributed by atoms with Gasteiger partial charge in [0.25, 0.3) is 11.8 Å². The van der Waals surface area contributed by atoms with Gasteiger partial charge in [-0.2, -0.15) is 0 Å². The van der Waals surface area contributed by atoms with Crippen molar-refractivity contribution in [2.45, 2.75) is 12.8 Å². The Morgan fingerprint density at radius 1 is 1.05 bits per heavy atom. The lowest BCUT2D eigenvalue weighted by molar-refractivity contribution is 0.0851. The van der Waals surface area contributed by atoms with E-state index in [9.17, 15) is 14.7 Å². The summed E-state index contributed by atoms with van der Waals surface area (Å²) in [5.74, 6) is -0.422. The minimum absolute atomic E-state index is 0.106. The summed E-state index contributed by atoms with van der Waals surface area (Å²) in [5, 5.41) is 12.5. The third-order valence-corrected chi connectivity index (χ3v) is 3.98. The zero-order chi connectivity index (χ0) is 14.6. The van der Waals surface area contributed by atoms with Crippen LogP contribution in [0, 0.1) is 0 Å². The van der Waals surface area contributed by atoms with Gasteiger partial charge in [0.1, 0.15) is 0 Å². The van der Waals surface area contributed by atoms with Crippen molar-refractivity contribution in [2.24, 2.45) is 0 Å². The van der Waals surface area contributed by atoms with E-state index in [1.165, 1.54) is 0 Å². The molecular formula is C16H12N2O3. The molecule has 0 bridgehead atoms. The molecule has 0 spiro atoms. The predicted octanol–water partition coefficient (Wildman–Crippen LogP) is 1.58. The number of fused-ring (bicyclic) bond motifs is 2. The molecule has 0 fully saturated rings. The first-order valence-corrected chi connectivity index (χ1v) is 6.68. The summed E-state index contributed by atoms with van der Waals surface area (Å²) in [4.78, 5) is 25.9. The molecule has 1 unspecified atom stereocenters. The van der Waals surface area contributed by atoms with Crippen LogP contribution in [0.4, 0.5) is 5.69 Å². The lowest BCUT2D eigenvalue weighted by Crippen LogP contribution is -2.25. The topological polar surface area (TPSA) is 69.6 Å². The smallest absolute Gasteiger partial charge is 0.258 e. The Balaban J connectivity index is 1.84. The van der Waals surface area contributed by atoms with Gasteiger partial charge in [0.15, 0.2) is 6.23 Å². The molecule has 2 aliphatic heterocycles. The molecule has 2 amide bonds. The zero-order valence-corrected chi connectivity index (χ0v) is 11.0. The maximum absolute atomic E-state index is 12.5. The Hall–Kier alpha value is -2.66. The molecule has 0 saturated heterocycles. The number of hydrogen-bond acceptors (Lipinski definition) is 3. The molecule has 2 N–H and O–H groups in total. The highest BCUT2D eigenvalue weighted by atomic mass is 16.3. The van der Waals surface area contributed by atoms with E-state index >= 15 is 0 Å². The summed E-state index contributed by atoms with van der Waals surface area (Å²) in [6.07, 6.45) is -1.07. The van der Waals surface area contributed by atoms with Crippen LogP contribution in [0.5, 0.6) is 0 Å². The van der Waals surface area contributed by atoms with Crippen LogP contribution in [0.1, 0.15) is 38.1 Å². The van der Waals surface area contributed by atoms with Crippen molar-refractivity contribution in [1.82, 2.24) is 5.32 Å². The highest BCUT2D eigenvalue weighted by Crippen LogP contribution is 2.37. The summed E-state index contributed by atoms with van der Waals surface area (Å²) in [6.45, 7) is 0.451. The number of aliphatic hydroxyl groups is 1. The fourth-order valence-electron chi connectivity index (χ4n) is 3.00. The molecule has 1 atom stereocenters. The van der Waals surface area contributed by atoms with E-state index in [4.69, 9.17) is 0 Å². The van der Waals surface area contributed by atoms with Crippen LogP contribution in [0.15, 0.2) is 42.5 Å². The van der Waals surface area contributed by atoms with Gasteiger partial charge in [0.05, 0.1) is 12.2 Å². The van der Waals surface area contributed by atoms with E-state index in [0.29, 0.717) is 28.9 Å². The van der Waals surface area contributed by atoms with E-state index in [0.717, 1.165) is 5.56 Å². The van der Waals surface area contributed by atoms with Gasteiger partial charge >= 0.3 is 0 Å². The normalized spacial score (nSPS) is 19.5. The average molecular weight is 280 g/mol. The number of anilines is 1. The lowest BCUT2D eigenvalue weighted by atomic mass is 10.1. The molecule has 0 aromatic heterocycles. The van der Waals surface area contributed by atoms with Crippen LogP contribution in [0.25, 0.3) is 0 Å². The number of hydrogen-bond donors (Lipinski definition) is 2. The highest BCUT2D eigenvalue weighted by Gasteiger charge is 2.35. The molecule has 5 nitrogen and oxygen atoms in total. The maximum atomic E-state index is 12.5. The first kappa shape index (κ1) is 12.1. The van der Waals surface area contributed by atoms with Crippen molar-refractivity contribution < 1.29 is 14.7 Å². The lowest BCUT2D eigenvalue weighted by Gasteiger charge is -2.20. The Kier molecular flexibility index (Phi) is 2.40. The fourth-order valence-corrected chi connectivity index (χ4v) is 3.00. The Bertz CT molecular complexity index is 785. The molecule has 2 aromatic rings. The third kappa shape index (κ3) is 1.61. The van der Waals surface area contributed by atoms with Gasteiger partial charge in [-0.05, 0) is 23.8 Å². The zero-order valence-electron chi connectivity index (χ0n) is 11.0. The van der Waals surface area contributed by atoms with Crippen LogP contribution in [0.2, 0.25) is 0 Å². The highest BCUT2D eigenvalue weighted by molar-refractivity contribution is 6.11. The fraction of sp³-hybridized carbons (Fsp3) is 0.125. The number of nitrogens with zero attached hydrogens (tertiary/aromatic N) is 1. The quantitative estimate of drug-likeness (QED) is 0.833. The van der Waals surface area contributed by atoms with E-state index in [2.05, 4.69) is 5.32 Å². The van der Waals surface area contributed by atoms with Crippen LogP contribution in [-0.4, -0.2) is 16.9 Å². The van der Waals surface area contributed by atoms with Gasteiger partial charge in [-0.15, -0.1) is 0 Å². The Morgan fingerprint density at radius 3 is 2.62 bits per heavy atom. The number of aliphatic hydroxyl groups excluding tert-OH is 1. The summed E-state index contributed by atoms with van der Waals surface area (Å²) in [6, 6.07) is 12.6. The molecule has 4 rings (SSSR count). The monoisotopic (exact) mass is 280 g/mol. The minimum atomic E-state index is -1.07. The van der Waals surface area contributed by atoms with Gasteiger partial charge < -0.3 is 15.3 Å². The Morgan fingerprint density at radius 2 is 1.81 bits per heavy atom. The number of rotatable bonds is 1. The molecule has 2 aliphatic rings. The minimum Gasteiger partial charge on any atom is -0.369 e. The van der Waals surface area contributed by atoms with Crippen molar-refractivity contribution in [3.63, 3.8) is 0 Å². The van der Waals surface area contributed by atoms with Crippen LogP contribution in [-0.2, 0) is 6.54 Å². The molecule has 0 radical (unpaired) electrons. The molecule has 2 heterocycles. The van der Waals surface area contributed by atoms with Crippen molar-refractivity contribution in [1.29, 1.82) is 0 Å². The van der Waals surface area contributed by atoms with Crippen LogP contribution < -0.4 is 10.2 Å². The van der Waals surface area contributed by atoms with Crippen LogP contribution >= 0.6 is 0 Å². The van der Waals surface area contributed by atoms with E-state index in [1.807, 2.05) is 18.2 Å². The molecule has 0 saturated carbocycles. The number of carbonyl (C=O) groups excluding carboxylic acids is 2. The number of amides is 2. The molecule has 5 heteroatoms. The van der Waals surface area contributed by atoms with Gasteiger partial charge in [-0.25, -0.2) is 0 Å². The van der Waals surface area contributed by atoms with Gasteiger partial charge in [0, 0.05) is 16.7 Å². The molecular weight excluding hydrogens is 268 g/mol. The summed E-state index contributed by atoms with van der Waals surface area (Å²) < 4.78 is 0. The molecule has 104 valence electrons. The number of benzene rings is 2. The van der Waals surface area contributed by atoms with Crippen molar-refractivity contribution in [3.8, 4) is 0 Å². The van der Waals surface area contributed by atoms with Crippen molar-refractivity contribution in [3.05, 3.63) is 64.7 Å². The van der Waals surface area contributed by atoms with E-state index < -0.39 is 6.23 Å². The number of nitrogens with one attached hydrogen (secondary N) is 1. The van der Waals surface area contributed by atoms with Gasteiger partial charge in [-0.1, -0.05) is 24.3 Å². The first-order valence-electron chi connectivity index (χ1n) is 6.68. The first-order chi connectivity index (χ1) is 10.2. The van der Waals surface area contributed by atoms with E-state index in [-0.39, 0.29) is 11.8 Å². The largest absolute Gasteiger partial charge is 0.369 e. The molecule has 2 aromatic carbocycles. The second kappa shape index (κ2) is 4.17. The second-order valence-electron chi connectivity index (χ2n) is 5.16. The van der Waals surface area contributed by atoms with Crippen molar-refractivity contribution in [2.75, 3.05) is 4.90 Å². The van der Waals surface area contributed by atoms with Crippen LogP contribution in [0.3, 0.4) is 0 Å². The summed E-state index contributed by atoms with van der Waals surface area (Å²) in [5.41, 5.74) is 3.10. The number of carbonyl (C=O) groups is 2. The maximum Gasteiger partial charge on any atom is 0.258 e. The molecule has 0 aliphatic carbocycles. The molecule has 21 heavy (non-hydrogen) atoms.